The van der Waals surface area contributed by atoms with Crippen molar-refractivity contribution in [2.75, 3.05) is 44.6 Å². The van der Waals surface area contributed by atoms with Gasteiger partial charge in [0.15, 0.2) is 0 Å². The minimum absolute atomic E-state index is 0. The van der Waals surface area contributed by atoms with Crippen LogP contribution in [0.5, 0.6) is 0 Å². The zero-order valence-electron chi connectivity index (χ0n) is 20.5. The first kappa shape index (κ1) is 31.6. The van der Waals surface area contributed by atoms with Gasteiger partial charge in [-0.3, -0.25) is 24.9 Å². The van der Waals surface area contributed by atoms with Crippen molar-refractivity contribution >= 4 is 48.6 Å². The predicted octanol–water partition coefficient (Wildman–Crippen LogP) is 5.69. The smallest absolute Gasteiger partial charge is 0.313 e. The number of hydrogen-bond acceptors (Lipinski definition) is 6. The number of pyridine rings is 1. The van der Waals surface area contributed by atoms with Crippen LogP contribution in [-0.2, 0) is 0 Å². The molecular weight excluding hydrogens is 521 g/mol. The molecule has 0 atom stereocenters. The van der Waals surface area contributed by atoms with E-state index in [0.29, 0.717) is 17.9 Å². The van der Waals surface area contributed by atoms with E-state index in [-0.39, 0.29) is 53.9 Å². The molecule has 1 fully saturated rings. The molecule has 3 aromatic rings. The highest BCUT2D eigenvalue weighted by Crippen LogP contribution is 2.30. The minimum Gasteiger partial charge on any atom is -0.378 e. The molecule has 1 aliphatic rings. The average molecular weight is 555 g/mol. The van der Waals surface area contributed by atoms with Gasteiger partial charge in [-0.2, -0.15) is 0 Å². The Morgan fingerprint density at radius 3 is 1.94 bits per heavy atom. The number of hydrogen-bond donors (Lipinski definition) is 1. The van der Waals surface area contributed by atoms with Gasteiger partial charge in [-0.15, -0.1) is 37.2 Å². The Morgan fingerprint density at radius 1 is 0.917 bits per heavy atom. The number of halogens is 3. The third-order valence-electron chi connectivity index (χ3n) is 6.22. The van der Waals surface area contributed by atoms with Gasteiger partial charge in [0.25, 0.3) is 0 Å². The second kappa shape index (κ2) is 15.0. The Balaban J connectivity index is 0.00000216. The Labute approximate surface area is 231 Å². The first-order valence-electron chi connectivity index (χ1n) is 11.5. The van der Waals surface area contributed by atoms with Crippen molar-refractivity contribution in [3.63, 3.8) is 0 Å². The molecule has 0 spiro atoms. The number of nitrogens with zero attached hydrogens (tertiary/aromatic N) is 4. The summed E-state index contributed by atoms with van der Waals surface area (Å²) >= 11 is 0. The van der Waals surface area contributed by atoms with E-state index in [0.717, 1.165) is 38.4 Å². The molecule has 1 aromatic heterocycles. The summed E-state index contributed by atoms with van der Waals surface area (Å²) in [6, 6.07) is 23.4. The van der Waals surface area contributed by atoms with Gasteiger partial charge in [0.1, 0.15) is 11.4 Å². The van der Waals surface area contributed by atoms with Gasteiger partial charge >= 0.3 is 5.69 Å². The molecule has 1 saturated heterocycles. The van der Waals surface area contributed by atoms with Crippen molar-refractivity contribution in [2.45, 2.75) is 19.9 Å². The lowest BCUT2D eigenvalue weighted by molar-refractivity contribution is -0.384. The molecule has 0 bridgehead atoms. The number of nitrogens with one attached hydrogen (secondary N) is 1. The lowest BCUT2D eigenvalue weighted by atomic mass is 9.96. The third-order valence-corrected chi connectivity index (χ3v) is 6.22. The third kappa shape index (κ3) is 7.79. The van der Waals surface area contributed by atoms with Crippen LogP contribution in [0.3, 0.4) is 0 Å². The zero-order valence-corrected chi connectivity index (χ0v) is 23.0. The summed E-state index contributed by atoms with van der Waals surface area (Å²) in [4.78, 5) is 20.3. The van der Waals surface area contributed by atoms with E-state index in [1.165, 1.54) is 11.1 Å². The molecule has 0 unspecified atom stereocenters. The van der Waals surface area contributed by atoms with E-state index in [1.807, 2.05) is 6.92 Å². The van der Waals surface area contributed by atoms with Crippen LogP contribution in [0.15, 0.2) is 66.7 Å². The summed E-state index contributed by atoms with van der Waals surface area (Å²) in [7, 11) is 0. The number of aromatic nitrogens is 1. The van der Waals surface area contributed by atoms with Crippen molar-refractivity contribution in [1.29, 1.82) is 0 Å². The molecule has 1 N–H and O–H groups in total. The Morgan fingerprint density at radius 2 is 1.44 bits per heavy atom. The largest absolute Gasteiger partial charge is 0.378 e. The first-order chi connectivity index (χ1) is 16.0. The van der Waals surface area contributed by atoms with Crippen LogP contribution in [0.4, 0.5) is 11.4 Å². The summed E-state index contributed by atoms with van der Waals surface area (Å²) < 4.78 is 0. The number of aryl methyl sites for hydroxylation is 2. The number of nitro groups is 1. The van der Waals surface area contributed by atoms with E-state index >= 15 is 0 Å². The molecule has 7 nitrogen and oxygen atoms in total. The van der Waals surface area contributed by atoms with Crippen molar-refractivity contribution in [1.82, 2.24) is 14.8 Å². The molecule has 2 aromatic carbocycles. The van der Waals surface area contributed by atoms with Crippen LogP contribution in [0.25, 0.3) is 0 Å². The normalized spacial score (nSPS) is 13.8. The maximum absolute atomic E-state index is 11.5. The van der Waals surface area contributed by atoms with Gasteiger partial charge in [0.2, 0.25) is 0 Å². The van der Waals surface area contributed by atoms with E-state index in [1.54, 1.807) is 13.0 Å². The van der Waals surface area contributed by atoms with Crippen molar-refractivity contribution in [3.8, 4) is 0 Å². The monoisotopic (exact) mass is 553 g/mol. The average Bonchev–Trinajstić information content (AvgIpc) is 2.81. The molecular formula is C26H34Cl3N5O2. The van der Waals surface area contributed by atoms with Crippen LogP contribution >= 0.6 is 37.2 Å². The van der Waals surface area contributed by atoms with Gasteiger partial charge < -0.3 is 5.32 Å². The topological polar surface area (TPSA) is 74.5 Å². The van der Waals surface area contributed by atoms with Crippen LogP contribution in [0.2, 0.25) is 0 Å². The Bertz CT molecular complexity index is 1040. The van der Waals surface area contributed by atoms with E-state index in [2.05, 4.69) is 80.8 Å². The van der Waals surface area contributed by atoms with Crippen LogP contribution in [0, 0.1) is 24.0 Å². The van der Waals surface area contributed by atoms with E-state index in [9.17, 15) is 10.1 Å². The van der Waals surface area contributed by atoms with Gasteiger partial charge in [0, 0.05) is 45.0 Å². The summed E-state index contributed by atoms with van der Waals surface area (Å²) in [6.07, 6.45) is 0. The van der Waals surface area contributed by atoms with Crippen molar-refractivity contribution < 1.29 is 4.92 Å². The summed E-state index contributed by atoms with van der Waals surface area (Å²) in [5, 5.41) is 14.7. The maximum Gasteiger partial charge on any atom is 0.313 e. The Kier molecular flexibility index (Phi) is 13.1. The summed E-state index contributed by atoms with van der Waals surface area (Å²) in [5.74, 6) is 0. The lowest BCUT2D eigenvalue weighted by Gasteiger charge is -2.39. The molecule has 0 aliphatic carbocycles. The highest BCUT2D eigenvalue weighted by Gasteiger charge is 2.26. The van der Waals surface area contributed by atoms with Gasteiger partial charge in [-0.25, -0.2) is 0 Å². The Hall–Kier alpha value is -2.42. The number of anilines is 1. The molecule has 2 heterocycles. The van der Waals surface area contributed by atoms with Gasteiger partial charge in [0.05, 0.1) is 11.0 Å². The number of benzene rings is 2. The standard InChI is InChI=1S/C26H31N5O2.3ClH/c1-20-19-24(25(31(32)33)21(2)28-20)27-13-14-29-15-17-30(18-16-29)26(22-9-5-3-6-10-22)23-11-7-4-8-12-23;;;/h3-12,19,26H,13-18H2,1-2H3,(H,27,28);3*1H. The van der Waals surface area contributed by atoms with Crippen molar-refractivity contribution in [3.05, 3.63) is 99.4 Å². The van der Waals surface area contributed by atoms with Crippen LogP contribution in [0.1, 0.15) is 28.6 Å². The van der Waals surface area contributed by atoms with Gasteiger partial charge in [-0.05, 0) is 31.0 Å². The quantitative estimate of drug-likeness (QED) is 0.285. The molecule has 4 rings (SSSR count). The summed E-state index contributed by atoms with van der Waals surface area (Å²) in [5.41, 5.74) is 4.48. The number of rotatable bonds is 8. The lowest BCUT2D eigenvalue weighted by Crippen LogP contribution is -2.48. The molecule has 1 aliphatic heterocycles. The molecule has 0 saturated carbocycles. The molecule has 0 radical (unpaired) electrons. The van der Waals surface area contributed by atoms with Crippen LogP contribution < -0.4 is 5.32 Å². The molecule has 36 heavy (non-hydrogen) atoms. The van der Waals surface area contributed by atoms with Crippen molar-refractivity contribution in [2.24, 2.45) is 0 Å². The van der Waals surface area contributed by atoms with Crippen LogP contribution in [-0.4, -0.2) is 59.0 Å². The molecule has 0 amide bonds. The minimum atomic E-state index is -0.351. The fraction of sp³-hybridized carbons (Fsp3) is 0.346. The van der Waals surface area contributed by atoms with Gasteiger partial charge in [-0.1, -0.05) is 60.7 Å². The maximum atomic E-state index is 11.5. The fourth-order valence-electron chi connectivity index (χ4n) is 4.67. The molecule has 196 valence electrons. The predicted molar refractivity (Wildman–Crippen MR) is 153 cm³/mol. The second-order valence-corrected chi connectivity index (χ2v) is 8.53. The highest BCUT2D eigenvalue weighted by molar-refractivity contribution is 5.86. The second-order valence-electron chi connectivity index (χ2n) is 8.53. The van der Waals surface area contributed by atoms with E-state index < -0.39 is 0 Å². The molecule has 10 heteroatoms. The van der Waals surface area contributed by atoms with E-state index in [4.69, 9.17) is 0 Å². The fourth-order valence-corrected chi connectivity index (χ4v) is 4.67. The summed E-state index contributed by atoms with van der Waals surface area (Å²) in [6.45, 7) is 8.92. The number of piperazine rings is 1. The SMILES string of the molecule is Cc1cc(NCCN2CCN(C(c3ccccc3)c3ccccc3)CC2)c([N+](=O)[O-])c(C)n1.Cl.Cl.Cl. The highest BCUT2D eigenvalue weighted by atomic mass is 35.5. The zero-order chi connectivity index (χ0) is 23.2. The first-order valence-corrected chi connectivity index (χ1v) is 11.5.